The number of rotatable bonds is 8. The third kappa shape index (κ3) is 4.52. The van der Waals surface area contributed by atoms with E-state index in [1.54, 1.807) is 18.2 Å². The number of sulfonamides is 1. The van der Waals surface area contributed by atoms with Gasteiger partial charge in [0.15, 0.2) is 17.3 Å². The molecule has 0 fully saturated rings. The molecule has 0 aliphatic rings. The molecule has 0 bridgehead atoms. The molecular weight excluding hydrogens is 362 g/mol. The van der Waals surface area contributed by atoms with E-state index in [0.29, 0.717) is 11.5 Å². The van der Waals surface area contributed by atoms with E-state index in [-0.39, 0.29) is 22.9 Å². The molecule has 9 nitrogen and oxygen atoms in total. The molecule has 2 N–H and O–H groups in total. The molecule has 142 valence electrons. The van der Waals surface area contributed by atoms with Crippen LogP contribution in [0.2, 0.25) is 0 Å². The summed E-state index contributed by atoms with van der Waals surface area (Å²) in [5.41, 5.74) is 1.02. The third-order valence-electron chi connectivity index (χ3n) is 3.60. The van der Waals surface area contributed by atoms with Crippen LogP contribution in [0.4, 0.5) is 0 Å². The van der Waals surface area contributed by atoms with Crippen molar-refractivity contribution in [2.45, 2.75) is 25.3 Å². The lowest BCUT2D eigenvalue weighted by atomic mass is 10.2. The van der Waals surface area contributed by atoms with Gasteiger partial charge in [-0.25, -0.2) is 13.1 Å². The number of amides is 1. The zero-order valence-corrected chi connectivity index (χ0v) is 15.8. The minimum atomic E-state index is -3.88. The number of nitrogens with one attached hydrogen (secondary N) is 2. The average Bonchev–Trinajstić information content (AvgIpc) is 2.97. The topological polar surface area (TPSA) is 120 Å². The van der Waals surface area contributed by atoms with Gasteiger partial charge in [-0.1, -0.05) is 11.2 Å². The Morgan fingerprint density at radius 1 is 1.19 bits per heavy atom. The Hall–Kier alpha value is -2.59. The molecule has 0 atom stereocenters. The number of carbonyl (C=O) groups is 1. The van der Waals surface area contributed by atoms with E-state index in [1.165, 1.54) is 28.1 Å². The van der Waals surface area contributed by atoms with Crippen molar-refractivity contribution < 1.29 is 27.2 Å². The maximum atomic E-state index is 12.2. The summed E-state index contributed by atoms with van der Waals surface area (Å²) in [5, 5.41) is 6.23. The second kappa shape index (κ2) is 8.19. The number of benzene rings is 1. The Kier molecular flexibility index (Phi) is 6.22. The van der Waals surface area contributed by atoms with Gasteiger partial charge in [0.2, 0.25) is 15.9 Å². The molecule has 0 unspecified atom stereocenters. The zero-order valence-electron chi connectivity index (χ0n) is 15.0. The maximum Gasteiger partial charge on any atom is 0.246 e. The monoisotopic (exact) mass is 383 g/mol. The number of hydrogen-bond donors (Lipinski definition) is 2. The number of aryl methyl sites for hydroxylation is 2. The second-order valence-corrected chi connectivity index (χ2v) is 7.15. The molecule has 1 heterocycles. The fourth-order valence-electron chi connectivity index (χ4n) is 2.34. The first-order valence-electron chi connectivity index (χ1n) is 7.68. The summed E-state index contributed by atoms with van der Waals surface area (Å²) >= 11 is 0. The van der Waals surface area contributed by atoms with Gasteiger partial charge in [0.05, 0.1) is 20.8 Å². The largest absolute Gasteiger partial charge is 0.493 e. The Bertz CT molecular complexity index is 872. The van der Waals surface area contributed by atoms with Crippen LogP contribution in [0.5, 0.6) is 11.5 Å². The second-order valence-electron chi connectivity index (χ2n) is 5.44. The number of nitrogens with zero attached hydrogens (tertiary/aromatic N) is 1. The smallest absolute Gasteiger partial charge is 0.246 e. The van der Waals surface area contributed by atoms with Gasteiger partial charge in [-0.2, -0.15) is 0 Å². The Labute approximate surface area is 151 Å². The Morgan fingerprint density at radius 2 is 1.88 bits per heavy atom. The normalized spacial score (nSPS) is 11.2. The van der Waals surface area contributed by atoms with Crippen molar-refractivity contribution in [3.05, 3.63) is 35.2 Å². The maximum absolute atomic E-state index is 12.2. The third-order valence-corrected chi connectivity index (χ3v) is 5.24. The van der Waals surface area contributed by atoms with E-state index in [9.17, 15) is 13.2 Å². The van der Waals surface area contributed by atoms with Crippen molar-refractivity contribution in [3.8, 4) is 11.5 Å². The molecule has 10 heteroatoms. The number of methoxy groups -OCH3 is 2. The Morgan fingerprint density at radius 3 is 2.46 bits per heavy atom. The van der Waals surface area contributed by atoms with Crippen LogP contribution in [-0.4, -0.2) is 40.2 Å². The van der Waals surface area contributed by atoms with Crippen LogP contribution >= 0.6 is 0 Å². The van der Waals surface area contributed by atoms with Gasteiger partial charge in [-0.05, 0) is 31.5 Å². The molecule has 2 rings (SSSR count). The first-order chi connectivity index (χ1) is 12.3. The number of carbonyl (C=O) groups excluding carboxylic acids is 1. The number of aromatic nitrogens is 1. The molecule has 1 aromatic carbocycles. The summed E-state index contributed by atoms with van der Waals surface area (Å²) in [6.07, 6.45) is 0. The summed E-state index contributed by atoms with van der Waals surface area (Å²) in [6, 6.07) is 5.23. The van der Waals surface area contributed by atoms with Gasteiger partial charge in [0.1, 0.15) is 10.6 Å². The molecular formula is C16H21N3O6S. The molecule has 0 aliphatic carbocycles. The van der Waals surface area contributed by atoms with Crippen molar-refractivity contribution in [1.29, 1.82) is 0 Å². The van der Waals surface area contributed by atoms with Crippen molar-refractivity contribution in [1.82, 2.24) is 15.2 Å². The summed E-state index contributed by atoms with van der Waals surface area (Å²) in [6.45, 7) is 2.82. The molecule has 1 amide bonds. The number of hydrogen-bond acceptors (Lipinski definition) is 7. The first kappa shape index (κ1) is 19.7. The van der Waals surface area contributed by atoms with E-state index in [4.69, 9.17) is 14.0 Å². The average molecular weight is 383 g/mol. The molecule has 0 saturated heterocycles. The summed E-state index contributed by atoms with van der Waals surface area (Å²) < 4.78 is 41.9. The SMILES string of the molecule is COc1ccc(CNC(=O)CNS(=O)(=O)c2c(C)noc2C)cc1OC. The van der Waals surface area contributed by atoms with Crippen LogP contribution in [0.1, 0.15) is 17.0 Å². The number of ether oxygens (including phenoxy) is 2. The highest BCUT2D eigenvalue weighted by molar-refractivity contribution is 7.89. The highest BCUT2D eigenvalue weighted by atomic mass is 32.2. The first-order valence-corrected chi connectivity index (χ1v) is 9.17. The molecule has 0 radical (unpaired) electrons. The quantitative estimate of drug-likeness (QED) is 0.695. The highest BCUT2D eigenvalue weighted by Crippen LogP contribution is 2.27. The van der Waals surface area contributed by atoms with E-state index < -0.39 is 22.5 Å². The van der Waals surface area contributed by atoms with Gasteiger partial charge in [-0.3, -0.25) is 4.79 Å². The van der Waals surface area contributed by atoms with Crippen LogP contribution < -0.4 is 19.5 Å². The molecule has 0 saturated carbocycles. The molecule has 0 aliphatic heterocycles. The van der Waals surface area contributed by atoms with Gasteiger partial charge >= 0.3 is 0 Å². The van der Waals surface area contributed by atoms with Crippen LogP contribution in [-0.2, 0) is 21.4 Å². The minimum Gasteiger partial charge on any atom is -0.493 e. The van der Waals surface area contributed by atoms with Gasteiger partial charge in [0, 0.05) is 6.54 Å². The van der Waals surface area contributed by atoms with Crippen molar-refractivity contribution in [3.63, 3.8) is 0 Å². The Balaban J connectivity index is 1.93. The predicted octanol–water partition coefficient (Wildman–Crippen LogP) is 0.903. The standard InChI is InChI=1S/C16H21N3O6S/c1-10-16(11(2)25-19-10)26(21,22)18-9-15(20)17-8-12-5-6-13(23-3)14(7-12)24-4/h5-7,18H,8-9H2,1-4H3,(H,17,20). The van der Waals surface area contributed by atoms with Crippen molar-refractivity contribution in [2.24, 2.45) is 0 Å². The molecule has 0 spiro atoms. The summed E-state index contributed by atoms with van der Waals surface area (Å²) in [5.74, 6) is 0.809. The van der Waals surface area contributed by atoms with Gasteiger partial charge in [-0.15, -0.1) is 0 Å². The fraction of sp³-hybridized carbons (Fsp3) is 0.375. The zero-order chi connectivity index (χ0) is 19.3. The molecule has 2 aromatic rings. The highest BCUT2D eigenvalue weighted by Gasteiger charge is 2.24. The van der Waals surface area contributed by atoms with Crippen LogP contribution in [0, 0.1) is 13.8 Å². The minimum absolute atomic E-state index is 0.0507. The van der Waals surface area contributed by atoms with E-state index in [2.05, 4.69) is 15.2 Å². The molecule has 1 aromatic heterocycles. The van der Waals surface area contributed by atoms with E-state index in [0.717, 1.165) is 5.56 Å². The van der Waals surface area contributed by atoms with Crippen molar-refractivity contribution in [2.75, 3.05) is 20.8 Å². The van der Waals surface area contributed by atoms with Gasteiger partial charge in [0.25, 0.3) is 0 Å². The lowest BCUT2D eigenvalue weighted by Crippen LogP contribution is -2.36. The van der Waals surface area contributed by atoms with E-state index >= 15 is 0 Å². The predicted molar refractivity (Wildman–Crippen MR) is 92.6 cm³/mol. The molecule has 26 heavy (non-hydrogen) atoms. The van der Waals surface area contributed by atoms with Gasteiger partial charge < -0.3 is 19.3 Å². The van der Waals surface area contributed by atoms with Crippen molar-refractivity contribution >= 4 is 15.9 Å². The van der Waals surface area contributed by atoms with Crippen LogP contribution in [0.3, 0.4) is 0 Å². The van der Waals surface area contributed by atoms with Crippen LogP contribution in [0.25, 0.3) is 0 Å². The lowest BCUT2D eigenvalue weighted by Gasteiger charge is -2.11. The van der Waals surface area contributed by atoms with Crippen LogP contribution in [0.15, 0.2) is 27.6 Å². The van der Waals surface area contributed by atoms with E-state index in [1.807, 2.05) is 0 Å². The summed E-state index contributed by atoms with van der Waals surface area (Å²) in [4.78, 5) is 11.9. The fourth-order valence-corrected chi connectivity index (χ4v) is 3.65. The lowest BCUT2D eigenvalue weighted by molar-refractivity contribution is -0.120. The summed E-state index contributed by atoms with van der Waals surface area (Å²) in [7, 11) is -0.830.